The number of carbonyl (C=O) groups is 1. The van der Waals surface area contributed by atoms with Crippen LogP contribution in [0.3, 0.4) is 0 Å². The van der Waals surface area contributed by atoms with Gasteiger partial charge in [-0.05, 0) is 30.3 Å². The summed E-state index contributed by atoms with van der Waals surface area (Å²) in [6, 6.07) is 8.51. The monoisotopic (exact) mass is 383 g/mol. The minimum absolute atomic E-state index is 0.0149. The zero-order valence-electron chi connectivity index (χ0n) is 13.1. The molecule has 0 spiro atoms. The highest BCUT2D eigenvalue weighted by atomic mass is 35.5. The minimum atomic E-state index is -4.08. The first-order valence-corrected chi connectivity index (χ1v) is 8.96. The summed E-state index contributed by atoms with van der Waals surface area (Å²) in [5.41, 5.74) is 0.813. The van der Waals surface area contributed by atoms with Gasteiger partial charge in [0.25, 0.3) is 10.0 Å². The van der Waals surface area contributed by atoms with Gasteiger partial charge in [-0.2, -0.15) is 0 Å². The Morgan fingerprint density at radius 3 is 2.72 bits per heavy atom. The van der Waals surface area contributed by atoms with E-state index in [1.165, 1.54) is 43.5 Å². The molecule has 7 nitrogen and oxygen atoms in total. The molecule has 9 heteroatoms. The second-order valence-electron chi connectivity index (χ2n) is 5.27. The third kappa shape index (κ3) is 3.15. The lowest BCUT2D eigenvalue weighted by Gasteiger charge is -2.31. The maximum Gasteiger partial charge on any atom is 0.335 e. The molecule has 1 aliphatic heterocycles. The molecule has 0 radical (unpaired) electrons. The molecule has 0 unspecified atom stereocenters. The maximum atomic E-state index is 13.1. The topological polar surface area (TPSA) is 93.1 Å². The highest BCUT2D eigenvalue weighted by Crippen LogP contribution is 2.36. The number of hydrogen-bond donors (Lipinski definition) is 1. The molecule has 2 aromatic carbocycles. The molecule has 132 valence electrons. The number of benzene rings is 2. The average Bonchev–Trinajstić information content (AvgIpc) is 2.60. The van der Waals surface area contributed by atoms with Crippen molar-refractivity contribution in [3.8, 4) is 5.75 Å². The molecule has 0 saturated carbocycles. The summed E-state index contributed by atoms with van der Waals surface area (Å²) in [5, 5.41) is 9.41. The third-order valence-electron chi connectivity index (χ3n) is 3.76. The Kier molecular flexibility index (Phi) is 4.59. The van der Waals surface area contributed by atoms with E-state index in [9.17, 15) is 18.3 Å². The highest BCUT2D eigenvalue weighted by molar-refractivity contribution is 7.93. The molecule has 0 atom stereocenters. The lowest BCUT2D eigenvalue weighted by atomic mass is 10.1. The second kappa shape index (κ2) is 6.55. The first-order valence-electron chi connectivity index (χ1n) is 7.15. The van der Waals surface area contributed by atoms with Crippen LogP contribution in [0.1, 0.15) is 15.9 Å². The zero-order valence-corrected chi connectivity index (χ0v) is 14.7. The lowest BCUT2D eigenvalue weighted by Crippen LogP contribution is -2.37. The number of halogens is 1. The molecule has 3 rings (SSSR count). The van der Waals surface area contributed by atoms with E-state index in [4.69, 9.17) is 21.1 Å². The fraction of sp³-hybridized carbons (Fsp3) is 0.188. The van der Waals surface area contributed by atoms with Crippen molar-refractivity contribution in [1.82, 2.24) is 0 Å². The summed E-state index contributed by atoms with van der Waals surface area (Å²) in [5.74, 6) is -1.02. The van der Waals surface area contributed by atoms with E-state index in [1.54, 1.807) is 0 Å². The molecule has 1 heterocycles. The molecule has 1 N–H and O–H groups in total. The number of anilines is 1. The van der Waals surface area contributed by atoms with Gasteiger partial charge in [-0.25, -0.2) is 17.5 Å². The molecular weight excluding hydrogens is 370 g/mol. The predicted octanol–water partition coefficient (Wildman–Crippen LogP) is 2.73. The molecule has 0 aromatic heterocycles. The van der Waals surface area contributed by atoms with Crippen molar-refractivity contribution in [3.63, 3.8) is 0 Å². The number of fused-ring (bicyclic) bond motifs is 1. The maximum absolute atomic E-state index is 13.1. The van der Waals surface area contributed by atoms with Crippen molar-refractivity contribution in [2.75, 3.05) is 18.1 Å². The summed E-state index contributed by atoms with van der Waals surface area (Å²) >= 11 is 5.94. The Morgan fingerprint density at radius 1 is 1.28 bits per heavy atom. The molecule has 0 fully saturated rings. The van der Waals surface area contributed by atoms with Gasteiger partial charge >= 0.3 is 5.97 Å². The van der Waals surface area contributed by atoms with Crippen LogP contribution in [0.4, 0.5) is 5.69 Å². The first kappa shape index (κ1) is 17.5. The van der Waals surface area contributed by atoms with Gasteiger partial charge in [0.05, 0.1) is 25.0 Å². The standard InChI is InChI=1S/C16H14ClNO6S/c1-23-14-5-4-12(17)7-15(14)25(21,22)18-9-24-8-11-3-2-10(16(19)20)6-13(11)18/h2-7H,8-9H2,1H3,(H,19,20). The second-order valence-corrected chi connectivity index (χ2v) is 7.54. The van der Waals surface area contributed by atoms with Crippen molar-refractivity contribution in [1.29, 1.82) is 0 Å². The largest absolute Gasteiger partial charge is 0.495 e. The van der Waals surface area contributed by atoms with Crippen LogP contribution >= 0.6 is 11.6 Å². The number of aromatic carboxylic acids is 1. The zero-order chi connectivity index (χ0) is 18.2. The highest BCUT2D eigenvalue weighted by Gasteiger charge is 2.32. The number of carboxylic acid groups (broad SMARTS) is 1. The Hall–Kier alpha value is -2.29. The van der Waals surface area contributed by atoms with Crippen molar-refractivity contribution in [2.45, 2.75) is 11.5 Å². The van der Waals surface area contributed by atoms with Crippen molar-refractivity contribution < 1.29 is 27.8 Å². The van der Waals surface area contributed by atoms with Crippen molar-refractivity contribution in [2.24, 2.45) is 0 Å². The van der Waals surface area contributed by atoms with Crippen LogP contribution in [0, 0.1) is 0 Å². The number of carboxylic acids is 1. The third-order valence-corrected chi connectivity index (χ3v) is 5.75. The van der Waals surface area contributed by atoms with Crippen molar-refractivity contribution in [3.05, 3.63) is 52.5 Å². The van der Waals surface area contributed by atoms with Gasteiger partial charge in [0.15, 0.2) is 0 Å². The van der Waals surface area contributed by atoms with E-state index >= 15 is 0 Å². The van der Waals surface area contributed by atoms with E-state index < -0.39 is 16.0 Å². The smallest absolute Gasteiger partial charge is 0.335 e. The summed E-state index contributed by atoms with van der Waals surface area (Å²) < 4.78 is 37.7. The van der Waals surface area contributed by atoms with Gasteiger partial charge in [-0.1, -0.05) is 17.7 Å². The average molecular weight is 384 g/mol. The van der Waals surface area contributed by atoms with Crippen LogP contribution in [-0.2, 0) is 21.4 Å². The molecule has 25 heavy (non-hydrogen) atoms. The summed E-state index contributed by atoms with van der Waals surface area (Å²) in [6.45, 7) is -0.0536. The van der Waals surface area contributed by atoms with Gasteiger partial charge < -0.3 is 14.6 Å². The molecule has 0 amide bonds. The lowest BCUT2D eigenvalue weighted by molar-refractivity contribution is 0.0696. The van der Waals surface area contributed by atoms with E-state index in [0.717, 1.165) is 4.31 Å². The number of ether oxygens (including phenoxy) is 2. The summed E-state index contributed by atoms with van der Waals surface area (Å²) in [6.07, 6.45) is 0. The minimum Gasteiger partial charge on any atom is -0.495 e. The summed E-state index contributed by atoms with van der Waals surface area (Å²) in [7, 11) is -2.72. The van der Waals surface area contributed by atoms with E-state index in [1.807, 2.05) is 0 Å². The van der Waals surface area contributed by atoms with Gasteiger partial charge in [-0.15, -0.1) is 0 Å². The fourth-order valence-corrected chi connectivity index (χ4v) is 4.33. The Balaban J connectivity index is 2.16. The van der Waals surface area contributed by atoms with Gasteiger partial charge in [-0.3, -0.25) is 0 Å². The van der Waals surface area contributed by atoms with Crippen LogP contribution < -0.4 is 9.04 Å². The van der Waals surface area contributed by atoms with E-state index in [0.29, 0.717) is 5.56 Å². The summed E-state index contributed by atoms with van der Waals surface area (Å²) in [4.78, 5) is 11.1. The van der Waals surface area contributed by atoms with Crippen LogP contribution in [0.15, 0.2) is 41.3 Å². The van der Waals surface area contributed by atoms with Gasteiger partial charge in [0.2, 0.25) is 0 Å². The van der Waals surface area contributed by atoms with Crippen molar-refractivity contribution >= 4 is 33.3 Å². The number of nitrogens with zero attached hydrogens (tertiary/aromatic N) is 1. The quantitative estimate of drug-likeness (QED) is 0.872. The normalized spacial score (nSPS) is 14.1. The SMILES string of the molecule is COc1ccc(Cl)cc1S(=O)(=O)N1COCc2ccc(C(=O)O)cc21. The van der Waals surface area contributed by atoms with Gasteiger partial charge in [0, 0.05) is 10.6 Å². The molecule has 1 aliphatic rings. The number of methoxy groups -OCH3 is 1. The van der Waals surface area contributed by atoms with Crippen LogP contribution in [0.5, 0.6) is 5.75 Å². The van der Waals surface area contributed by atoms with Crippen LogP contribution in [0.2, 0.25) is 5.02 Å². The predicted molar refractivity (Wildman–Crippen MR) is 90.7 cm³/mol. The van der Waals surface area contributed by atoms with Crippen LogP contribution in [-0.4, -0.2) is 33.3 Å². The van der Waals surface area contributed by atoms with E-state index in [-0.39, 0.29) is 40.3 Å². The Labute approximate surface area is 149 Å². The molecule has 0 bridgehead atoms. The number of sulfonamides is 1. The fourth-order valence-electron chi connectivity index (χ4n) is 2.53. The number of rotatable bonds is 4. The van der Waals surface area contributed by atoms with Gasteiger partial charge in [0.1, 0.15) is 17.4 Å². The van der Waals surface area contributed by atoms with E-state index in [2.05, 4.69) is 0 Å². The molecule has 0 saturated heterocycles. The molecule has 2 aromatic rings. The molecule has 0 aliphatic carbocycles. The first-order chi connectivity index (χ1) is 11.8. The Bertz CT molecular complexity index is 944. The number of hydrogen-bond acceptors (Lipinski definition) is 5. The Morgan fingerprint density at radius 2 is 2.04 bits per heavy atom. The molecular formula is C16H14ClNO6S. The van der Waals surface area contributed by atoms with Crippen LogP contribution in [0.25, 0.3) is 0 Å².